The minimum absolute atomic E-state index is 0.0360. The topological polar surface area (TPSA) is 105 Å². The van der Waals surface area contributed by atoms with Gasteiger partial charge in [0.05, 0.1) is 11.3 Å². The molecule has 0 bridgehead atoms. The molecule has 28 heavy (non-hydrogen) atoms. The summed E-state index contributed by atoms with van der Waals surface area (Å²) in [5.41, 5.74) is 0.985. The molecular weight excluding hydrogens is 382 g/mol. The van der Waals surface area contributed by atoms with Gasteiger partial charge in [-0.3, -0.25) is 19.2 Å². The number of carbonyl (C=O) groups excluding carboxylic acids is 4. The molecule has 8 nitrogen and oxygen atoms in total. The van der Waals surface area contributed by atoms with E-state index in [0.717, 1.165) is 0 Å². The Bertz CT molecular complexity index is 832. The van der Waals surface area contributed by atoms with Crippen LogP contribution in [0.2, 0.25) is 0 Å². The van der Waals surface area contributed by atoms with Crippen LogP contribution in [0.15, 0.2) is 41.8 Å². The van der Waals surface area contributed by atoms with Crippen LogP contribution in [0.25, 0.3) is 0 Å². The van der Waals surface area contributed by atoms with Gasteiger partial charge in [0.2, 0.25) is 0 Å². The molecule has 1 aromatic heterocycles. The number of rotatable bonds is 8. The molecular formula is C19H21N3O5S. The van der Waals surface area contributed by atoms with Gasteiger partial charge in [0.25, 0.3) is 17.7 Å². The maximum absolute atomic E-state index is 11.8. The molecule has 1 heterocycles. The van der Waals surface area contributed by atoms with Crippen molar-refractivity contribution < 1.29 is 23.9 Å². The molecule has 0 aliphatic carbocycles. The Morgan fingerprint density at radius 2 is 1.79 bits per heavy atom. The second-order valence-corrected chi connectivity index (χ2v) is 6.92. The number of amides is 3. The summed E-state index contributed by atoms with van der Waals surface area (Å²) in [5, 5.41) is 6.97. The zero-order chi connectivity index (χ0) is 20.5. The van der Waals surface area contributed by atoms with Crippen LogP contribution in [0.4, 0.5) is 5.69 Å². The molecule has 0 spiro atoms. The molecule has 3 amide bonds. The summed E-state index contributed by atoms with van der Waals surface area (Å²) in [7, 11) is 3.31. The van der Waals surface area contributed by atoms with Crippen LogP contribution in [0.5, 0.6) is 0 Å². The molecule has 0 radical (unpaired) electrons. The smallest absolute Gasteiger partial charge is 0.308 e. The summed E-state index contributed by atoms with van der Waals surface area (Å²) in [5.74, 6) is -1.48. The van der Waals surface area contributed by atoms with E-state index in [9.17, 15) is 19.2 Å². The first-order chi connectivity index (χ1) is 13.4. The summed E-state index contributed by atoms with van der Waals surface area (Å²) < 4.78 is 4.88. The van der Waals surface area contributed by atoms with Gasteiger partial charge in [0.15, 0.2) is 6.61 Å². The summed E-state index contributed by atoms with van der Waals surface area (Å²) in [4.78, 5) is 49.0. The summed E-state index contributed by atoms with van der Waals surface area (Å²) >= 11 is 1.31. The largest absolute Gasteiger partial charge is 0.456 e. The van der Waals surface area contributed by atoms with Gasteiger partial charge >= 0.3 is 5.97 Å². The quantitative estimate of drug-likeness (QED) is 0.654. The fourth-order valence-corrected chi connectivity index (χ4v) is 2.78. The Balaban J connectivity index is 1.68. The third-order valence-electron chi connectivity index (χ3n) is 3.55. The van der Waals surface area contributed by atoms with Crippen molar-refractivity contribution in [2.45, 2.75) is 6.42 Å². The molecule has 2 aromatic rings. The first-order valence-electron chi connectivity index (χ1n) is 8.45. The standard InChI is InChI=1S/C19H21N3O5S/c1-22(2)19(26)13-5-7-14(8-6-13)21-16(23)12-27-17(24)9-10-20-18(25)15-4-3-11-28-15/h3-8,11H,9-10,12H2,1-2H3,(H,20,25)(H,21,23). The molecule has 0 atom stereocenters. The lowest BCUT2D eigenvalue weighted by atomic mass is 10.2. The van der Waals surface area contributed by atoms with Crippen molar-refractivity contribution in [2.75, 3.05) is 32.6 Å². The Kier molecular flexibility index (Phi) is 7.70. The van der Waals surface area contributed by atoms with Crippen molar-refractivity contribution in [3.8, 4) is 0 Å². The van der Waals surface area contributed by atoms with Crippen molar-refractivity contribution in [1.82, 2.24) is 10.2 Å². The number of carbonyl (C=O) groups is 4. The Labute approximate surface area is 166 Å². The maximum atomic E-state index is 11.8. The Morgan fingerprint density at radius 1 is 1.07 bits per heavy atom. The fraction of sp³-hybridized carbons (Fsp3) is 0.263. The predicted molar refractivity (Wildman–Crippen MR) is 105 cm³/mol. The van der Waals surface area contributed by atoms with E-state index in [1.54, 1.807) is 55.9 Å². The van der Waals surface area contributed by atoms with Gasteiger partial charge in [-0.1, -0.05) is 6.07 Å². The number of anilines is 1. The van der Waals surface area contributed by atoms with Gasteiger partial charge in [-0.2, -0.15) is 0 Å². The number of benzene rings is 1. The third kappa shape index (κ3) is 6.51. The van der Waals surface area contributed by atoms with Crippen LogP contribution in [-0.4, -0.2) is 55.8 Å². The first kappa shape index (κ1) is 21.1. The molecule has 9 heteroatoms. The van der Waals surface area contributed by atoms with Crippen LogP contribution < -0.4 is 10.6 Å². The number of nitrogens with zero attached hydrogens (tertiary/aromatic N) is 1. The summed E-state index contributed by atoms with van der Waals surface area (Å²) in [6.45, 7) is -0.311. The second-order valence-electron chi connectivity index (χ2n) is 5.97. The minimum atomic E-state index is -0.589. The third-order valence-corrected chi connectivity index (χ3v) is 4.41. The zero-order valence-corrected chi connectivity index (χ0v) is 16.4. The number of ether oxygens (including phenoxy) is 1. The van der Waals surface area contributed by atoms with E-state index in [0.29, 0.717) is 16.1 Å². The van der Waals surface area contributed by atoms with E-state index in [1.165, 1.54) is 16.2 Å². The van der Waals surface area contributed by atoms with Crippen LogP contribution in [-0.2, 0) is 14.3 Å². The van der Waals surface area contributed by atoms with Crippen LogP contribution in [0.1, 0.15) is 26.5 Å². The molecule has 0 unspecified atom stereocenters. The second kappa shape index (κ2) is 10.2. The summed E-state index contributed by atoms with van der Waals surface area (Å²) in [6.07, 6.45) is -0.0360. The molecule has 0 aliphatic rings. The van der Waals surface area contributed by atoms with Crippen LogP contribution >= 0.6 is 11.3 Å². The number of nitrogens with one attached hydrogen (secondary N) is 2. The van der Waals surface area contributed by atoms with Crippen LogP contribution in [0, 0.1) is 0 Å². The Hall–Kier alpha value is -3.20. The maximum Gasteiger partial charge on any atom is 0.308 e. The van der Waals surface area contributed by atoms with Gasteiger partial charge in [0, 0.05) is 31.9 Å². The van der Waals surface area contributed by atoms with Crippen molar-refractivity contribution in [3.63, 3.8) is 0 Å². The zero-order valence-electron chi connectivity index (χ0n) is 15.6. The van der Waals surface area contributed by atoms with E-state index < -0.39 is 18.5 Å². The lowest BCUT2D eigenvalue weighted by Gasteiger charge is -2.11. The lowest BCUT2D eigenvalue weighted by Crippen LogP contribution is -2.27. The monoisotopic (exact) mass is 403 g/mol. The molecule has 0 saturated carbocycles. The highest BCUT2D eigenvalue weighted by molar-refractivity contribution is 7.12. The number of hydrogen-bond donors (Lipinski definition) is 2. The normalized spacial score (nSPS) is 10.1. The Morgan fingerprint density at radius 3 is 2.39 bits per heavy atom. The molecule has 0 saturated heterocycles. The number of thiophene rings is 1. The van der Waals surface area contributed by atoms with E-state index in [-0.39, 0.29) is 24.8 Å². The fourth-order valence-electron chi connectivity index (χ4n) is 2.14. The van der Waals surface area contributed by atoms with Gasteiger partial charge in [-0.15, -0.1) is 11.3 Å². The van der Waals surface area contributed by atoms with Crippen molar-refractivity contribution in [1.29, 1.82) is 0 Å². The summed E-state index contributed by atoms with van der Waals surface area (Å²) in [6, 6.07) is 9.83. The first-order valence-corrected chi connectivity index (χ1v) is 9.33. The highest BCUT2D eigenvalue weighted by Crippen LogP contribution is 2.11. The van der Waals surface area contributed by atoms with E-state index in [1.807, 2.05) is 0 Å². The molecule has 148 valence electrons. The minimum Gasteiger partial charge on any atom is -0.456 e. The molecule has 2 N–H and O–H groups in total. The molecule has 2 rings (SSSR count). The number of hydrogen-bond acceptors (Lipinski definition) is 6. The van der Waals surface area contributed by atoms with E-state index in [4.69, 9.17) is 4.74 Å². The van der Waals surface area contributed by atoms with Crippen LogP contribution in [0.3, 0.4) is 0 Å². The van der Waals surface area contributed by atoms with Gasteiger partial charge in [-0.25, -0.2) is 0 Å². The molecule has 0 aliphatic heterocycles. The van der Waals surface area contributed by atoms with Gasteiger partial charge in [0.1, 0.15) is 0 Å². The average molecular weight is 403 g/mol. The molecule has 0 fully saturated rings. The average Bonchev–Trinajstić information content (AvgIpc) is 3.21. The number of esters is 1. The van der Waals surface area contributed by atoms with E-state index >= 15 is 0 Å². The highest BCUT2D eigenvalue weighted by Gasteiger charge is 2.11. The predicted octanol–water partition coefficient (Wildman–Crippen LogP) is 1.75. The highest BCUT2D eigenvalue weighted by atomic mass is 32.1. The van der Waals surface area contributed by atoms with Gasteiger partial charge < -0.3 is 20.3 Å². The van der Waals surface area contributed by atoms with E-state index in [2.05, 4.69) is 10.6 Å². The van der Waals surface area contributed by atoms with Crippen molar-refractivity contribution in [3.05, 3.63) is 52.2 Å². The van der Waals surface area contributed by atoms with Gasteiger partial charge in [-0.05, 0) is 35.7 Å². The lowest BCUT2D eigenvalue weighted by molar-refractivity contribution is -0.147. The van der Waals surface area contributed by atoms with Crippen molar-refractivity contribution in [2.24, 2.45) is 0 Å². The van der Waals surface area contributed by atoms with Crippen molar-refractivity contribution >= 4 is 40.7 Å². The molecule has 1 aromatic carbocycles. The SMILES string of the molecule is CN(C)C(=O)c1ccc(NC(=O)COC(=O)CCNC(=O)c2cccs2)cc1.